The molecule has 0 amide bonds. The van der Waals surface area contributed by atoms with Crippen molar-refractivity contribution in [3.63, 3.8) is 0 Å². The Balaban J connectivity index is 2.99. The lowest BCUT2D eigenvalue weighted by molar-refractivity contribution is 0.201. The van der Waals surface area contributed by atoms with E-state index in [0.29, 0.717) is 0 Å². The molecule has 4 heteroatoms. The van der Waals surface area contributed by atoms with Crippen molar-refractivity contribution in [3.05, 3.63) is 35.4 Å². The molecule has 1 rings (SSSR count). The maximum Gasteiger partial charge on any atom is 0.130 e. The number of rotatable bonds is 7. The molecule has 102 valence electrons. The van der Waals surface area contributed by atoms with Crippen LogP contribution in [0, 0.1) is 11.6 Å². The normalized spacial score (nSPS) is 13.0. The van der Waals surface area contributed by atoms with E-state index in [-0.39, 0.29) is 18.2 Å². The van der Waals surface area contributed by atoms with Gasteiger partial charge in [-0.3, -0.25) is 4.90 Å². The number of unbranched alkanes of at least 4 members (excludes halogenated alkanes) is 1. The first-order valence-corrected chi connectivity index (χ1v) is 6.53. The van der Waals surface area contributed by atoms with Crippen LogP contribution in [0.2, 0.25) is 0 Å². The van der Waals surface area contributed by atoms with Crippen molar-refractivity contribution in [2.24, 2.45) is 5.73 Å². The van der Waals surface area contributed by atoms with Gasteiger partial charge in [-0.1, -0.05) is 26.3 Å². The summed E-state index contributed by atoms with van der Waals surface area (Å²) in [5.41, 5.74) is 5.81. The van der Waals surface area contributed by atoms with E-state index >= 15 is 0 Å². The Hall–Kier alpha value is -1.00. The third-order valence-electron chi connectivity index (χ3n) is 3.20. The van der Waals surface area contributed by atoms with E-state index in [1.807, 2.05) is 11.8 Å². The predicted molar refractivity (Wildman–Crippen MR) is 70.3 cm³/mol. The van der Waals surface area contributed by atoms with Crippen LogP contribution in [0.4, 0.5) is 8.78 Å². The minimum absolute atomic E-state index is 0.0953. The molecule has 0 aromatic heterocycles. The maximum absolute atomic E-state index is 13.8. The van der Waals surface area contributed by atoms with E-state index in [4.69, 9.17) is 5.73 Å². The van der Waals surface area contributed by atoms with Gasteiger partial charge in [-0.2, -0.15) is 0 Å². The average molecular weight is 256 g/mol. The molecule has 0 radical (unpaired) electrons. The fourth-order valence-corrected chi connectivity index (χ4v) is 2.17. The Bertz CT molecular complexity index is 349. The van der Waals surface area contributed by atoms with Crippen LogP contribution in [0.3, 0.4) is 0 Å². The summed E-state index contributed by atoms with van der Waals surface area (Å²) in [5.74, 6) is -1.03. The Morgan fingerprint density at radius 3 is 2.28 bits per heavy atom. The first kappa shape index (κ1) is 15.1. The van der Waals surface area contributed by atoms with Gasteiger partial charge < -0.3 is 5.73 Å². The van der Waals surface area contributed by atoms with E-state index in [1.165, 1.54) is 18.2 Å². The van der Waals surface area contributed by atoms with Crippen LogP contribution in [-0.4, -0.2) is 24.5 Å². The van der Waals surface area contributed by atoms with Gasteiger partial charge >= 0.3 is 0 Å². The van der Waals surface area contributed by atoms with Gasteiger partial charge in [0.2, 0.25) is 0 Å². The molecular formula is C14H22F2N2. The first-order valence-electron chi connectivity index (χ1n) is 6.53. The second-order valence-electron chi connectivity index (χ2n) is 4.37. The molecule has 1 aromatic rings. The number of halogens is 2. The Kier molecular flexibility index (Phi) is 6.22. The van der Waals surface area contributed by atoms with Crippen molar-refractivity contribution in [3.8, 4) is 0 Å². The summed E-state index contributed by atoms with van der Waals surface area (Å²) in [6.45, 7) is 5.83. The highest BCUT2D eigenvalue weighted by Crippen LogP contribution is 2.25. The van der Waals surface area contributed by atoms with Gasteiger partial charge in [-0.05, 0) is 31.6 Å². The lowest BCUT2D eigenvalue weighted by atomic mass is 10.0. The van der Waals surface area contributed by atoms with Gasteiger partial charge in [0, 0.05) is 12.1 Å². The highest BCUT2D eigenvalue weighted by atomic mass is 19.1. The third kappa shape index (κ3) is 3.50. The number of nitrogens with zero attached hydrogens (tertiary/aromatic N) is 1. The number of likely N-dealkylation sites (N-methyl/N-ethyl adjacent to an activating group) is 1. The van der Waals surface area contributed by atoms with E-state index in [9.17, 15) is 8.78 Å². The largest absolute Gasteiger partial charge is 0.329 e. The van der Waals surface area contributed by atoms with Crippen LogP contribution in [0.25, 0.3) is 0 Å². The average Bonchev–Trinajstić information content (AvgIpc) is 2.36. The summed E-state index contributed by atoms with van der Waals surface area (Å²) >= 11 is 0. The van der Waals surface area contributed by atoms with E-state index in [2.05, 4.69) is 6.92 Å². The number of nitrogens with two attached hydrogens (primary N) is 1. The molecule has 2 nitrogen and oxygen atoms in total. The molecule has 2 N–H and O–H groups in total. The second-order valence-corrected chi connectivity index (χ2v) is 4.37. The van der Waals surface area contributed by atoms with Gasteiger partial charge in [-0.15, -0.1) is 0 Å². The Labute approximate surface area is 108 Å². The molecule has 1 aromatic carbocycles. The summed E-state index contributed by atoms with van der Waals surface area (Å²) in [7, 11) is 0. The quantitative estimate of drug-likeness (QED) is 0.812. The molecule has 0 fully saturated rings. The van der Waals surface area contributed by atoms with Crippen LogP contribution in [0.15, 0.2) is 18.2 Å². The highest BCUT2D eigenvalue weighted by molar-refractivity contribution is 5.23. The van der Waals surface area contributed by atoms with Gasteiger partial charge in [0.25, 0.3) is 0 Å². The third-order valence-corrected chi connectivity index (χ3v) is 3.20. The Morgan fingerprint density at radius 2 is 1.83 bits per heavy atom. The van der Waals surface area contributed by atoms with Crippen LogP contribution >= 0.6 is 0 Å². The molecule has 1 unspecified atom stereocenters. The SMILES string of the molecule is CCCCN(CC)C(CN)c1c(F)cccc1F. The predicted octanol–water partition coefficient (Wildman–Crippen LogP) is 3.09. The fourth-order valence-electron chi connectivity index (χ4n) is 2.17. The number of hydrogen-bond acceptors (Lipinski definition) is 2. The molecule has 0 spiro atoms. The molecule has 1 atom stereocenters. The lowest BCUT2D eigenvalue weighted by Crippen LogP contribution is -2.35. The smallest absolute Gasteiger partial charge is 0.130 e. The zero-order chi connectivity index (χ0) is 13.5. The summed E-state index contributed by atoms with van der Waals surface area (Å²) in [4.78, 5) is 2.03. The zero-order valence-corrected chi connectivity index (χ0v) is 11.1. The van der Waals surface area contributed by atoms with Gasteiger partial charge in [0.05, 0.1) is 6.04 Å². The second kappa shape index (κ2) is 7.44. The van der Waals surface area contributed by atoms with Crippen molar-refractivity contribution in [2.75, 3.05) is 19.6 Å². The molecule has 0 bridgehead atoms. The fraction of sp³-hybridized carbons (Fsp3) is 0.571. The molecule has 0 saturated carbocycles. The minimum atomic E-state index is -0.514. The van der Waals surface area contributed by atoms with Gasteiger partial charge in [0.1, 0.15) is 11.6 Å². The topological polar surface area (TPSA) is 29.3 Å². The van der Waals surface area contributed by atoms with Gasteiger partial charge in [0.15, 0.2) is 0 Å². The summed E-state index contributed by atoms with van der Waals surface area (Å²) < 4.78 is 27.6. The first-order chi connectivity index (χ1) is 8.65. The standard InChI is InChI=1S/C14H22F2N2/c1-3-5-9-18(4-2)13(10-17)14-11(15)7-6-8-12(14)16/h6-8,13H,3-5,9-10,17H2,1-2H3. The van der Waals surface area contributed by atoms with E-state index in [1.54, 1.807) is 0 Å². The molecule has 0 aliphatic carbocycles. The number of hydrogen-bond donors (Lipinski definition) is 1. The summed E-state index contributed by atoms with van der Waals surface area (Å²) in [5, 5.41) is 0. The molecule has 0 aliphatic rings. The molecular weight excluding hydrogens is 234 g/mol. The highest BCUT2D eigenvalue weighted by Gasteiger charge is 2.23. The van der Waals surface area contributed by atoms with Crippen molar-refractivity contribution in [1.82, 2.24) is 4.90 Å². The zero-order valence-electron chi connectivity index (χ0n) is 11.1. The van der Waals surface area contributed by atoms with Crippen molar-refractivity contribution in [1.29, 1.82) is 0 Å². The monoisotopic (exact) mass is 256 g/mol. The van der Waals surface area contributed by atoms with Gasteiger partial charge in [-0.25, -0.2) is 8.78 Å². The van der Waals surface area contributed by atoms with Crippen LogP contribution in [0.1, 0.15) is 38.3 Å². The molecule has 18 heavy (non-hydrogen) atoms. The lowest BCUT2D eigenvalue weighted by Gasteiger charge is -2.30. The Morgan fingerprint density at radius 1 is 1.22 bits per heavy atom. The van der Waals surface area contributed by atoms with Crippen LogP contribution < -0.4 is 5.73 Å². The summed E-state index contributed by atoms with van der Waals surface area (Å²) in [6, 6.07) is 3.57. The van der Waals surface area contributed by atoms with Crippen LogP contribution in [-0.2, 0) is 0 Å². The maximum atomic E-state index is 13.8. The minimum Gasteiger partial charge on any atom is -0.329 e. The summed E-state index contributed by atoms with van der Waals surface area (Å²) in [6.07, 6.45) is 2.05. The molecule has 0 heterocycles. The number of benzene rings is 1. The van der Waals surface area contributed by atoms with Crippen LogP contribution in [0.5, 0.6) is 0 Å². The van der Waals surface area contributed by atoms with E-state index < -0.39 is 11.6 Å². The van der Waals surface area contributed by atoms with Crippen molar-refractivity contribution >= 4 is 0 Å². The van der Waals surface area contributed by atoms with Crippen molar-refractivity contribution < 1.29 is 8.78 Å². The molecule has 0 saturated heterocycles. The van der Waals surface area contributed by atoms with E-state index in [0.717, 1.165) is 25.9 Å². The van der Waals surface area contributed by atoms with Crippen molar-refractivity contribution in [2.45, 2.75) is 32.7 Å². The molecule has 0 aliphatic heterocycles.